The van der Waals surface area contributed by atoms with Gasteiger partial charge < -0.3 is 15.8 Å². The van der Waals surface area contributed by atoms with Crippen molar-refractivity contribution in [3.05, 3.63) is 18.3 Å². The van der Waals surface area contributed by atoms with Crippen molar-refractivity contribution in [1.29, 1.82) is 0 Å². The number of ether oxygens (including phenoxy) is 1. The van der Waals surface area contributed by atoms with E-state index in [2.05, 4.69) is 10.3 Å². The van der Waals surface area contributed by atoms with Crippen molar-refractivity contribution in [3.8, 4) is 5.88 Å². The third-order valence-corrected chi connectivity index (χ3v) is 2.87. The number of pyridine rings is 1. The molecule has 82 valence electrons. The summed E-state index contributed by atoms with van der Waals surface area (Å²) >= 11 is 0. The van der Waals surface area contributed by atoms with Gasteiger partial charge in [0.25, 0.3) is 0 Å². The molecule has 1 aromatic rings. The molecule has 1 fully saturated rings. The first-order valence-electron chi connectivity index (χ1n) is 5.32. The predicted octanol–water partition coefficient (Wildman–Crippen LogP) is 1.38. The van der Waals surface area contributed by atoms with Crippen LogP contribution in [0.15, 0.2) is 18.3 Å². The maximum absolute atomic E-state index is 5.99. The summed E-state index contributed by atoms with van der Waals surface area (Å²) in [5.41, 5.74) is 7.02. The molecule has 4 heteroatoms. The van der Waals surface area contributed by atoms with Gasteiger partial charge in [0.15, 0.2) is 0 Å². The molecule has 1 aliphatic rings. The van der Waals surface area contributed by atoms with Gasteiger partial charge in [-0.2, -0.15) is 0 Å². The first-order valence-corrected chi connectivity index (χ1v) is 5.32. The van der Waals surface area contributed by atoms with E-state index in [1.165, 1.54) is 6.42 Å². The number of nitrogens with two attached hydrogens (primary N) is 1. The number of rotatable bonds is 3. The van der Waals surface area contributed by atoms with Crippen LogP contribution in [0.5, 0.6) is 5.88 Å². The lowest BCUT2D eigenvalue weighted by Gasteiger charge is -2.18. The average molecular weight is 207 g/mol. The van der Waals surface area contributed by atoms with Gasteiger partial charge >= 0.3 is 0 Å². The monoisotopic (exact) mass is 207 g/mol. The van der Waals surface area contributed by atoms with Crippen molar-refractivity contribution >= 4 is 5.69 Å². The maximum Gasteiger partial charge on any atom is 0.214 e. The highest BCUT2D eigenvalue weighted by molar-refractivity contribution is 5.46. The topological polar surface area (TPSA) is 60.2 Å². The molecule has 15 heavy (non-hydrogen) atoms. The quantitative estimate of drug-likeness (QED) is 0.786. The summed E-state index contributed by atoms with van der Waals surface area (Å²) in [6.07, 6.45) is 5.20. The van der Waals surface area contributed by atoms with E-state index >= 15 is 0 Å². The number of nitrogens with zero attached hydrogens (tertiary/aromatic N) is 1. The molecule has 0 aliphatic heterocycles. The van der Waals surface area contributed by atoms with E-state index in [1.807, 2.05) is 12.1 Å². The largest absolute Gasteiger partial charge is 0.481 e. The fraction of sp³-hybridized carbons (Fsp3) is 0.545. The Hall–Kier alpha value is -1.29. The van der Waals surface area contributed by atoms with Gasteiger partial charge in [0.2, 0.25) is 5.88 Å². The summed E-state index contributed by atoms with van der Waals surface area (Å²) in [6.45, 7) is 0. The van der Waals surface area contributed by atoms with Crippen molar-refractivity contribution in [2.45, 2.75) is 31.3 Å². The molecular formula is C11H17N3O. The van der Waals surface area contributed by atoms with Crippen LogP contribution in [-0.2, 0) is 0 Å². The molecule has 1 saturated carbocycles. The average Bonchev–Trinajstić information content (AvgIpc) is 2.65. The Kier molecular flexibility index (Phi) is 3.06. The highest BCUT2D eigenvalue weighted by Gasteiger charge is 2.23. The van der Waals surface area contributed by atoms with Crippen LogP contribution in [0.25, 0.3) is 0 Å². The highest BCUT2D eigenvalue weighted by Crippen LogP contribution is 2.22. The van der Waals surface area contributed by atoms with Crippen molar-refractivity contribution in [1.82, 2.24) is 4.98 Å². The minimum atomic E-state index is 0.268. The first-order chi connectivity index (χ1) is 7.29. The van der Waals surface area contributed by atoms with E-state index in [0.717, 1.165) is 18.5 Å². The van der Waals surface area contributed by atoms with Crippen molar-refractivity contribution < 1.29 is 4.74 Å². The molecule has 2 unspecified atom stereocenters. The van der Waals surface area contributed by atoms with Crippen LogP contribution >= 0.6 is 0 Å². The lowest BCUT2D eigenvalue weighted by atomic mass is 10.2. The minimum Gasteiger partial charge on any atom is -0.481 e. The zero-order valence-corrected chi connectivity index (χ0v) is 8.94. The normalized spacial score (nSPS) is 25.2. The van der Waals surface area contributed by atoms with E-state index in [4.69, 9.17) is 10.5 Å². The second kappa shape index (κ2) is 4.49. The minimum absolute atomic E-state index is 0.268. The standard InChI is InChI=1S/C11H17N3O/c1-15-11-7-8(5-6-13-11)14-10-4-2-3-9(10)12/h5-7,9-10H,2-4,12H2,1H3,(H,13,14). The van der Waals surface area contributed by atoms with Crippen LogP contribution in [0.4, 0.5) is 5.69 Å². The molecule has 3 N–H and O–H groups in total. The molecule has 4 nitrogen and oxygen atoms in total. The molecule has 0 saturated heterocycles. The Labute approximate surface area is 89.8 Å². The van der Waals surface area contributed by atoms with E-state index < -0.39 is 0 Å². The fourth-order valence-corrected chi connectivity index (χ4v) is 1.99. The van der Waals surface area contributed by atoms with Crippen LogP contribution in [-0.4, -0.2) is 24.2 Å². The number of methoxy groups -OCH3 is 1. The van der Waals surface area contributed by atoms with E-state index in [0.29, 0.717) is 11.9 Å². The molecule has 1 heterocycles. The SMILES string of the molecule is COc1cc(NC2CCCC2N)ccn1. The summed E-state index contributed by atoms with van der Waals surface area (Å²) in [6, 6.07) is 4.49. The Bertz CT molecular complexity index is 329. The molecule has 2 rings (SSSR count). The van der Waals surface area contributed by atoms with Crippen LogP contribution in [0.1, 0.15) is 19.3 Å². The van der Waals surface area contributed by atoms with Crippen LogP contribution in [0.3, 0.4) is 0 Å². The van der Waals surface area contributed by atoms with Gasteiger partial charge in [-0.15, -0.1) is 0 Å². The zero-order valence-electron chi connectivity index (χ0n) is 8.94. The molecule has 0 amide bonds. The number of hydrogen-bond acceptors (Lipinski definition) is 4. The second-order valence-corrected chi connectivity index (χ2v) is 3.93. The Balaban J connectivity index is 2.03. The van der Waals surface area contributed by atoms with Crippen LogP contribution < -0.4 is 15.8 Å². The lowest BCUT2D eigenvalue weighted by Crippen LogP contribution is -2.35. The first kappa shape index (κ1) is 10.2. The Morgan fingerprint density at radius 1 is 1.53 bits per heavy atom. The Morgan fingerprint density at radius 2 is 2.40 bits per heavy atom. The molecular weight excluding hydrogens is 190 g/mol. The van der Waals surface area contributed by atoms with Gasteiger partial charge in [-0.25, -0.2) is 4.98 Å². The van der Waals surface area contributed by atoms with E-state index in [-0.39, 0.29) is 6.04 Å². The zero-order chi connectivity index (χ0) is 10.7. The van der Waals surface area contributed by atoms with Gasteiger partial charge in [0.05, 0.1) is 7.11 Å². The summed E-state index contributed by atoms with van der Waals surface area (Å²) in [7, 11) is 1.62. The molecule has 0 bridgehead atoms. The summed E-state index contributed by atoms with van der Waals surface area (Å²) < 4.78 is 5.06. The van der Waals surface area contributed by atoms with Gasteiger partial charge in [-0.1, -0.05) is 0 Å². The summed E-state index contributed by atoms with van der Waals surface area (Å²) in [4.78, 5) is 4.06. The summed E-state index contributed by atoms with van der Waals surface area (Å²) in [5.74, 6) is 0.631. The smallest absolute Gasteiger partial charge is 0.214 e. The van der Waals surface area contributed by atoms with Gasteiger partial charge in [0.1, 0.15) is 0 Å². The molecule has 1 aliphatic carbocycles. The van der Waals surface area contributed by atoms with E-state index in [9.17, 15) is 0 Å². The molecule has 0 spiro atoms. The molecule has 0 radical (unpaired) electrons. The lowest BCUT2D eigenvalue weighted by molar-refractivity contribution is 0.398. The predicted molar refractivity (Wildman–Crippen MR) is 60.0 cm³/mol. The van der Waals surface area contributed by atoms with E-state index in [1.54, 1.807) is 13.3 Å². The van der Waals surface area contributed by atoms with Crippen molar-refractivity contribution in [2.24, 2.45) is 5.73 Å². The highest BCUT2D eigenvalue weighted by atomic mass is 16.5. The van der Waals surface area contributed by atoms with Crippen LogP contribution in [0.2, 0.25) is 0 Å². The Morgan fingerprint density at radius 3 is 3.07 bits per heavy atom. The summed E-state index contributed by atoms with van der Waals surface area (Å²) in [5, 5.41) is 3.42. The third kappa shape index (κ3) is 2.39. The number of nitrogens with one attached hydrogen (secondary N) is 1. The van der Waals surface area contributed by atoms with Crippen molar-refractivity contribution in [3.63, 3.8) is 0 Å². The fourth-order valence-electron chi connectivity index (χ4n) is 1.99. The molecule has 1 aromatic heterocycles. The van der Waals surface area contributed by atoms with Crippen molar-refractivity contribution in [2.75, 3.05) is 12.4 Å². The van der Waals surface area contributed by atoms with Gasteiger partial charge in [-0.05, 0) is 25.3 Å². The molecule has 2 atom stereocenters. The third-order valence-electron chi connectivity index (χ3n) is 2.87. The number of aromatic nitrogens is 1. The number of anilines is 1. The number of hydrogen-bond donors (Lipinski definition) is 2. The molecule has 0 aromatic carbocycles. The van der Waals surface area contributed by atoms with Gasteiger partial charge in [-0.3, -0.25) is 0 Å². The van der Waals surface area contributed by atoms with Gasteiger partial charge in [0, 0.05) is 30.0 Å². The van der Waals surface area contributed by atoms with Crippen LogP contribution in [0, 0.1) is 0 Å². The maximum atomic E-state index is 5.99. The second-order valence-electron chi connectivity index (χ2n) is 3.93.